The fraction of sp³-hybridized carbons (Fsp3) is 0.273. The smallest absolute Gasteiger partial charge is 0.260 e. The Morgan fingerprint density at radius 2 is 1.75 bits per heavy atom. The number of hydrogen-bond donors (Lipinski definition) is 1. The van der Waals surface area contributed by atoms with Crippen LogP contribution >= 0.6 is 0 Å². The number of piperazine rings is 1. The average Bonchev–Trinajstić information content (AvgIpc) is 2.82. The van der Waals surface area contributed by atoms with E-state index in [0.717, 1.165) is 5.56 Å². The fourth-order valence-corrected chi connectivity index (χ4v) is 4.37. The summed E-state index contributed by atoms with van der Waals surface area (Å²) in [7, 11) is -2.13. The van der Waals surface area contributed by atoms with Crippen LogP contribution in [0.3, 0.4) is 0 Å². The number of amides is 2. The van der Waals surface area contributed by atoms with Crippen molar-refractivity contribution in [1.29, 1.82) is 0 Å². The van der Waals surface area contributed by atoms with Gasteiger partial charge in [0.1, 0.15) is 11.5 Å². The normalized spacial score (nSPS) is 15.0. The third-order valence-electron chi connectivity index (χ3n) is 4.99. The van der Waals surface area contributed by atoms with Crippen LogP contribution in [0.1, 0.15) is 15.9 Å². The first kappa shape index (κ1) is 23.3. The Morgan fingerprint density at radius 1 is 1.06 bits per heavy atom. The minimum atomic E-state index is -3.59. The van der Waals surface area contributed by atoms with Crippen LogP contribution in [-0.4, -0.2) is 69.3 Å². The Labute approximate surface area is 187 Å². The Morgan fingerprint density at radius 3 is 2.38 bits per heavy atom. The second-order valence-corrected chi connectivity index (χ2v) is 8.87. The van der Waals surface area contributed by atoms with E-state index in [2.05, 4.69) is 0 Å². The summed E-state index contributed by atoms with van der Waals surface area (Å²) in [5.41, 5.74) is 6.26. The highest BCUT2D eigenvalue weighted by Gasteiger charge is 2.27. The van der Waals surface area contributed by atoms with E-state index in [-0.39, 0.29) is 50.0 Å². The molecule has 2 N–H and O–H groups in total. The molecule has 0 bridgehead atoms. The number of nitrogens with zero attached hydrogens (tertiary/aromatic N) is 2. The zero-order chi connectivity index (χ0) is 23.1. The van der Waals surface area contributed by atoms with E-state index >= 15 is 0 Å². The Hall–Kier alpha value is -3.37. The number of sulfonamides is 1. The molecule has 2 aromatic rings. The molecule has 3 rings (SSSR count). The molecule has 0 aliphatic carbocycles. The van der Waals surface area contributed by atoms with Crippen molar-refractivity contribution in [2.24, 2.45) is 5.73 Å². The minimum Gasteiger partial charge on any atom is -0.497 e. The molecule has 0 aromatic heterocycles. The second-order valence-electron chi connectivity index (χ2n) is 7.05. The van der Waals surface area contributed by atoms with Crippen LogP contribution in [0.2, 0.25) is 0 Å². The number of benzene rings is 2. The molecule has 0 spiro atoms. The van der Waals surface area contributed by atoms with E-state index in [1.165, 1.54) is 33.9 Å². The van der Waals surface area contributed by atoms with Gasteiger partial charge in [-0.1, -0.05) is 30.3 Å². The zero-order valence-electron chi connectivity index (χ0n) is 17.6. The molecule has 0 saturated carbocycles. The van der Waals surface area contributed by atoms with Crippen LogP contribution in [0, 0.1) is 0 Å². The topological polar surface area (TPSA) is 119 Å². The molecule has 0 atom stereocenters. The van der Waals surface area contributed by atoms with Gasteiger partial charge < -0.3 is 20.1 Å². The second kappa shape index (κ2) is 10.3. The lowest BCUT2D eigenvalue weighted by atomic mass is 10.2. The van der Waals surface area contributed by atoms with Gasteiger partial charge in [-0.2, -0.15) is 4.31 Å². The molecule has 1 aliphatic rings. The maximum atomic E-state index is 12.6. The van der Waals surface area contributed by atoms with Crippen LogP contribution in [0.5, 0.6) is 11.5 Å². The van der Waals surface area contributed by atoms with Gasteiger partial charge in [-0.15, -0.1) is 0 Å². The summed E-state index contributed by atoms with van der Waals surface area (Å²) in [5, 5.41) is 1.18. The maximum Gasteiger partial charge on any atom is 0.260 e. The summed E-state index contributed by atoms with van der Waals surface area (Å²) in [6.07, 6.45) is 1.55. The van der Waals surface area contributed by atoms with E-state index in [1.807, 2.05) is 30.3 Å². The van der Waals surface area contributed by atoms with Gasteiger partial charge in [-0.3, -0.25) is 9.59 Å². The van der Waals surface area contributed by atoms with E-state index in [9.17, 15) is 18.0 Å². The molecule has 1 fully saturated rings. The summed E-state index contributed by atoms with van der Waals surface area (Å²) in [6.45, 7) is 0.551. The van der Waals surface area contributed by atoms with Crippen molar-refractivity contribution in [2.45, 2.75) is 0 Å². The van der Waals surface area contributed by atoms with Gasteiger partial charge in [-0.25, -0.2) is 8.42 Å². The lowest BCUT2D eigenvalue weighted by Crippen LogP contribution is -2.51. The quantitative estimate of drug-likeness (QED) is 0.636. The monoisotopic (exact) mass is 459 g/mol. The van der Waals surface area contributed by atoms with Crippen molar-refractivity contribution in [2.75, 3.05) is 39.9 Å². The van der Waals surface area contributed by atoms with Crippen LogP contribution in [0.15, 0.2) is 53.9 Å². The third kappa shape index (κ3) is 5.86. The van der Waals surface area contributed by atoms with Gasteiger partial charge in [-0.05, 0) is 29.8 Å². The molecule has 0 unspecified atom stereocenters. The number of nitrogens with two attached hydrogens (primary N) is 1. The molecule has 1 saturated heterocycles. The Bertz CT molecular complexity index is 1090. The first-order valence-corrected chi connectivity index (χ1v) is 11.4. The molecule has 32 heavy (non-hydrogen) atoms. The average molecular weight is 460 g/mol. The largest absolute Gasteiger partial charge is 0.497 e. The van der Waals surface area contributed by atoms with Crippen LogP contribution < -0.4 is 15.2 Å². The number of rotatable bonds is 8. The third-order valence-corrected chi connectivity index (χ3v) is 6.55. The van der Waals surface area contributed by atoms with E-state index in [1.54, 1.807) is 12.1 Å². The van der Waals surface area contributed by atoms with Gasteiger partial charge in [0, 0.05) is 31.6 Å². The molecule has 2 amide bonds. The van der Waals surface area contributed by atoms with Gasteiger partial charge in [0.05, 0.1) is 12.7 Å². The zero-order valence-corrected chi connectivity index (χ0v) is 18.5. The van der Waals surface area contributed by atoms with Crippen molar-refractivity contribution in [3.05, 3.63) is 65.1 Å². The van der Waals surface area contributed by atoms with Crippen molar-refractivity contribution in [1.82, 2.24) is 9.21 Å². The standard InChI is InChI=1S/C22H25N3O6S/c1-30-18-7-8-20(19(15-18)22(23)27)31-16-21(26)24-10-12-25(13-11-24)32(28,29)14-9-17-5-3-2-4-6-17/h2-9,14-15H,10-13,16H2,1H3,(H2,23,27)/b14-9+. The molecule has 1 aliphatic heterocycles. The molecule has 1 heterocycles. The van der Waals surface area contributed by atoms with E-state index in [4.69, 9.17) is 15.2 Å². The minimum absolute atomic E-state index is 0.110. The highest BCUT2D eigenvalue weighted by molar-refractivity contribution is 7.92. The first-order chi connectivity index (χ1) is 15.3. The highest BCUT2D eigenvalue weighted by atomic mass is 32.2. The molecule has 9 nitrogen and oxygen atoms in total. The van der Waals surface area contributed by atoms with Crippen LogP contribution in [-0.2, 0) is 14.8 Å². The maximum absolute atomic E-state index is 12.6. The summed E-state index contributed by atoms with van der Waals surface area (Å²) >= 11 is 0. The van der Waals surface area contributed by atoms with Gasteiger partial charge in [0.2, 0.25) is 10.0 Å². The summed E-state index contributed by atoms with van der Waals surface area (Å²) < 4.78 is 37.0. The molecule has 0 radical (unpaired) electrons. The molecule has 10 heteroatoms. The Kier molecular flexibility index (Phi) is 7.49. The molecular weight excluding hydrogens is 434 g/mol. The molecular formula is C22H25N3O6S. The number of carbonyl (C=O) groups is 2. The van der Waals surface area contributed by atoms with Gasteiger partial charge >= 0.3 is 0 Å². The number of carbonyl (C=O) groups excluding carboxylic acids is 2. The summed E-state index contributed by atoms with van der Waals surface area (Å²) in [5.74, 6) is -0.392. The SMILES string of the molecule is COc1ccc(OCC(=O)N2CCN(S(=O)(=O)/C=C/c3ccccc3)CC2)c(C(N)=O)c1. The summed E-state index contributed by atoms with van der Waals surface area (Å²) in [4.78, 5) is 25.7. The lowest BCUT2D eigenvalue weighted by Gasteiger charge is -2.33. The van der Waals surface area contributed by atoms with Crippen molar-refractivity contribution in [3.63, 3.8) is 0 Å². The summed E-state index contributed by atoms with van der Waals surface area (Å²) in [6, 6.07) is 13.7. The van der Waals surface area contributed by atoms with Crippen molar-refractivity contribution in [3.8, 4) is 11.5 Å². The lowest BCUT2D eigenvalue weighted by molar-refractivity contribution is -0.134. The van der Waals surface area contributed by atoms with Crippen LogP contribution in [0.25, 0.3) is 6.08 Å². The molecule has 2 aromatic carbocycles. The Balaban J connectivity index is 1.55. The number of ether oxygens (including phenoxy) is 2. The molecule has 170 valence electrons. The fourth-order valence-electron chi connectivity index (χ4n) is 3.19. The number of methoxy groups -OCH3 is 1. The highest BCUT2D eigenvalue weighted by Crippen LogP contribution is 2.24. The number of hydrogen-bond acceptors (Lipinski definition) is 6. The van der Waals surface area contributed by atoms with Crippen molar-refractivity contribution >= 4 is 27.9 Å². The predicted molar refractivity (Wildman–Crippen MR) is 120 cm³/mol. The van der Waals surface area contributed by atoms with E-state index < -0.39 is 15.9 Å². The van der Waals surface area contributed by atoms with E-state index in [0.29, 0.717) is 5.75 Å². The first-order valence-electron chi connectivity index (χ1n) is 9.92. The van der Waals surface area contributed by atoms with Gasteiger partial charge in [0.25, 0.3) is 11.8 Å². The predicted octanol–water partition coefficient (Wildman–Crippen LogP) is 1.32. The number of primary amides is 1. The van der Waals surface area contributed by atoms with Crippen molar-refractivity contribution < 1.29 is 27.5 Å². The van der Waals surface area contributed by atoms with Crippen LogP contribution in [0.4, 0.5) is 0 Å². The van der Waals surface area contributed by atoms with Gasteiger partial charge in [0.15, 0.2) is 6.61 Å².